The Labute approximate surface area is 132 Å². The number of hydrogen-bond acceptors (Lipinski definition) is 3. The Morgan fingerprint density at radius 1 is 1.27 bits per heavy atom. The minimum absolute atomic E-state index is 0.0866. The second-order valence-corrected chi connectivity index (χ2v) is 6.00. The maximum absolute atomic E-state index is 12.3. The summed E-state index contributed by atoms with van der Waals surface area (Å²) in [6.45, 7) is 2.81. The van der Waals surface area contributed by atoms with E-state index in [0.717, 1.165) is 25.7 Å². The van der Waals surface area contributed by atoms with E-state index in [9.17, 15) is 9.59 Å². The van der Waals surface area contributed by atoms with Crippen molar-refractivity contribution in [1.82, 2.24) is 15.2 Å². The number of nitrogens with one attached hydrogen (secondary N) is 1. The highest BCUT2D eigenvalue weighted by atomic mass is 16.2. The highest BCUT2D eigenvalue weighted by molar-refractivity contribution is 5.99. The lowest BCUT2D eigenvalue weighted by molar-refractivity contribution is 0.0793. The van der Waals surface area contributed by atoms with Gasteiger partial charge in [0.1, 0.15) is 0 Å². The Morgan fingerprint density at radius 3 is 2.64 bits per heavy atom. The third-order valence-corrected chi connectivity index (χ3v) is 4.13. The van der Waals surface area contributed by atoms with Gasteiger partial charge in [0.05, 0.1) is 11.1 Å². The highest BCUT2D eigenvalue weighted by Crippen LogP contribution is 2.18. The van der Waals surface area contributed by atoms with Gasteiger partial charge in [0.15, 0.2) is 0 Å². The maximum Gasteiger partial charge on any atom is 0.255 e. The zero-order valence-corrected chi connectivity index (χ0v) is 13.5. The highest BCUT2D eigenvalue weighted by Gasteiger charge is 2.19. The van der Waals surface area contributed by atoms with E-state index in [1.165, 1.54) is 25.2 Å². The molecule has 5 heteroatoms. The predicted octanol–water partition coefficient (Wildman–Crippen LogP) is 2.63. The molecule has 1 aliphatic rings. The van der Waals surface area contributed by atoms with Crippen LogP contribution in [0.15, 0.2) is 18.5 Å². The van der Waals surface area contributed by atoms with Crippen molar-refractivity contribution < 1.29 is 9.59 Å². The average Bonchev–Trinajstić information content (AvgIpc) is 3.04. The molecule has 120 valence electrons. The summed E-state index contributed by atoms with van der Waals surface area (Å²) in [5, 5.41) is 3.02. The fraction of sp³-hybridized carbons (Fsp3) is 0.588. The molecule has 0 spiro atoms. The van der Waals surface area contributed by atoms with Crippen molar-refractivity contribution in [1.29, 1.82) is 0 Å². The summed E-state index contributed by atoms with van der Waals surface area (Å²) in [7, 11) is 1.78. The van der Waals surface area contributed by atoms with Gasteiger partial charge in [-0.15, -0.1) is 0 Å². The van der Waals surface area contributed by atoms with Crippen LogP contribution in [0, 0.1) is 0 Å². The topological polar surface area (TPSA) is 62.3 Å². The minimum atomic E-state index is -0.134. The Morgan fingerprint density at radius 2 is 1.95 bits per heavy atom. The number of pyridine rings is 1. The third-order valence-electron chi connectivity index (χ3n) is 4.13. The SMILES string of the molecule is CCCCN(C)C(=O)c1cncc(C(=O)NC2CCCC2)c1. The first-order valence-corrected chi connectivity index (χ1v) is 8.13. The third kappa shape index (κ3) is 4.29. The van der Waals surface area contributed by atoms with Gasteiger partial charge < -0.3 is 10.2 Å². The predicted molar refractivity (Wildman–Crippen MR) is 85.8 cm³/mol. The summed E-state index contributed by atoms with van der Waals surface area (Å²) in [6, 6.07) is 1.90. The second kappa shape index (κ2) is 7.92. The average molecular weight is 303 g/mol. The molecule has 2 amide bonds. The molecule has 0 radical (unpaired) electrons. The lowest BCUT2D eigenvalue weighted by Crippen LogP contribution is -2.33. The summed E-state index contributed by atoms with van der Waals surface area (Å²) in [5.74, 6) is -0.221. The number of nitrogens with zero attached hydrogens (tertiary/aromatic N) is 2. The van der Waals surface area contributed by atoms with E-state index >= 15 is 0 Å². The van der Waals surface area contributed by atoms with Crippen molar-refractivity contribution in [2.45, 2.75) is 51.5 Å². The summed E-state index contributed by atoms with van der Waals surface area (Å²) in [4.78, 5) is 30.3. The van der Waals surface area contributed by atoms with E-state index in [-0.39, 0.29) is 17.9 Å². The second-order valence-electron chi connectivity index (χ2n) is 6.00. The molecule has 0 unspecified atom stereocenters. The van der Waals surface area contributed by atoms with Gasteiger partial charge in [-0.05, 0) is 25.3 Å². The van der Waals surface area contributed by atoms with Crippen LogP contribution in [0.1, 0.15) is 66.2 Å². The molecule has 0 aliphatic heterocycles. The van der Waals surface area contributed by atoms with Crippen LogP contribution < -0.4 is 5.32 Å². The van der Waals surface area contributed by atoms with Crippen LogP contribution >= 0.6 is 0 Å². The molecule has 1 heterocycles. The molecular formula is C17H25N3O2. The Bertz CT molecular complexity index is 524. The van der Waals surface area contributed by atoms with E-state index in [1.807, 2.05) is 0 Å². The molecule has 1 aromatic rings. The van der Waals surface area contributed by atoms with Gasteiger partial charge in [-0.1, -0.05) is 26.2 Å². The molecule has 1 aromatic heterocycles. The van der Waals surface area contributed by atoms with Gasteiger partial charge in [0, 0.05) is 32.0 Å². The number of amides is 2. The zero-order valence-electron chi connectivity index (χ0n) is 13.5. The lowest BCUT2D eigenvalue weighted by Gasteiger charge is -2.17. The summed E-state index contributed by atoms with van der Waals surface area (Å²) >= 11 is 0. The fourth-order valence-electron chi connectivity index (χ4n) is 2.74. The zero-order chi connectivity index (χ0) is 15.9. The van der Waals surface area contributed by atoms with Gasteiger partial charge >= 0.3 is 0 Å². The van der Waals surface area contributed by atoms with Crippen molar-refractivity contribution in [2.24, 2.45) is 0 Å². The molecule has 1 saturated carbocycles. The molecule has 22 heavy (non-hydrogen) atoms. The molecule has 1 N–H and O–H groups in total. The Kier molecular flexibility index (Phi) is 5.92. The molecule has 1 fully saturated rings. The van der Waals surface area contributed by atoms with E-state index in [1.54, 1.807) is 18.0 Å². The number of unbranched alkanes of at least 4 members (excludes halogenated alkanes) is 1. The van der Waals surface area contributed by atoms with Crippen molar-refractivity contribution in [3.8, 4) is 0 Å². The lowest BCUT2D eigenvalue weighted by atomic mass is 10.1. The standard InChI is InChI=1S/C17H25N3O2/c1-3-4-9-20(2)17(22)14-10-13(11-18-12-14)16(21)19-15-7-5-6-8-15/h10-12,15H,3-9H2,1-2H3,(H,19,21). The quantitative estimate of drug-likeness (QED) is 0.878. The summed E-state index contributed by atoms with van der Waals surface area (Å²) in [5.41, 5.74) is 0.930. The van der Waals surface area contributed by atoms with Crippen molar-refractivity contribution >= 4 is 11.8 Å². The molecule has 1 aliphatic carbocycles. The summed E-state index contributed by atoms with van der Waals surface area (Å²) in [6.07, 6.45) is 9.48. The number of aromatic nitrogens is 1. The van der Waals surface area contributed by atoms with Gasteiger partial charge in [-0.2, -0.15) is 0 Å². The van der Waals surface area contributed by atoms with Crippen LogP contribution in [0.2, 0.25) is 0 Å². The van der Waals surface area contributed by atoms with Crippen LogP contribution in [0.3, 0.4) is 0 Å². The van der Waals surface area contributed by atoms with Crippen LogP contribution in [0.25, 0.3) is 0 Å². The maximum atomic E-state index is 12.3. The van der Waals surface area contributed by atoms with Gasteiger partial charge in [0.2, 0.25) is 0 Å². The molecule has 0 bridgehead atoms. The molecule has 2 rings (SSSR count). The van der Waals surface area contributed by atoms with E-state index in [4.69, 9.17) is 0 Å². The number of carbonyl (C=O) groups excluding carboxylic acids is 2. The number of rotatable bonds is 6. The van der Waals surface area contributed by atoms with Crippen molar-refractivity contribution in [3.63, 3.8) is 0 Å². The van der Waals surface area contributed by atoms with E-state index in [0.29, 0.717) is 17.7 Å². The van der Waals surface area contributed by atoms with Crippen molar-refractivity contribution in [3.05, 3.63) is 29.6 Å². The molecule has 5 nitrogen and oxygen atoms in total. The molecule has 0 atom stereocenters. The largest absolute Gasteiger partial charge is 0.349 e. The van der Waals surface area contributed by atoms with Crippen LogP contribution in [0.4, 0.5) is 0 Å². The normalized spacial score (nSPS) is 14.8. The first kappa shape index (κ1) is 16.5. The first-order valence-electron chi connectivity index (χ1n) is 8.13. The molecule has 0 aromatic carbocycles. The smallest absolute Gasteiger partial charge is 0.255 e. The first-order chi connectivity index (χ1) is 10.6. The van der Waals surface area contributed by atoms with Crippen LogP contribution in [0.5, 0.6) is 0 Å². The molecule has 0 saturated heterocycles. The van der Waals surface area contributed by atoms with Crippen molar-refractivity contribution in [2.75, 3.05) is 13.6 Å². The Hall–Kier alpha value is -1.91. The number of carbonyl (C=O) groups is 2. The minimum Gasteiger partial charge on any atom is -0.349 e. The van der Waals surface area contributed by atoms with E-state index in [2.05, 4.69) is 17.2 Å². The Balaban J connectivity index is 2.02. The van der Waals surface area contributed by atoms with Gasteiger partial charge in [0.25, 0.3) is 11.8 Å². The molecular weight excluding hydrogens is 278 g/mol. The van der Waals surface area contributed by atoms with Gasteiger partial charge in [-0.3, -0.25) is 14.6 Å². The number of hydrogen-bond donors (Lipinski definition) is 1. The van der Waals surface area contributed by atoms with Crippen LogP contribution in [-0.4, -0.2) is 41.3 Å². The van der Waals surface area contributed by atoms with E-state index < -0.39 is 0 Å². The monoisotopic (exact) mass is 303 g/mol. The fourth-order valence-corrected chi connectivity index (χ4v) is 2.74. The summed E-state index contributed by atoms with van der Waals surface area (Å²) < 4.78 is 0. The van der Waals surface area contributed by atoms with Crippen LogP contribution in [-0.2, 0) is 0 Å². The van der Waals surface area contributed by atoms with Gasteiger partial charge in [-0.25, -0.2) is 0 Å².